The number of hydrogen-bond donors (Lipinski definition) is 2. The fourth-order valence-corrected chi connectivity index (χ4v) is 3.05. The third-order valence-corrected chi connectivity index (χ3v) is 4.62. The van der Waals surface area contributed by atoms with Crippen LogP contribution in [0, 0.1) is 10.1 Å². The summed E-state index contributed by atoms with van der Waals surface area (Å²) in [6.07, 6.45) is 0.166. The van der Waals surface area contributed by atoms with E-state index in [2.05, 4.69) is 20.8 Å². The Bertz CT molecular complexity index is 1300. The monoisotopic (exact) mass is 443 g/mol. The van der Waals surface area contributed by atoms with Gasteiger partial charge in [0.1, 0.15) is 0 Å². The van der Waals surface area contributed by atoms with Crippen molar-refractivity contribution in [1.82, 2.24) is 10.2 Å². The summed E-state index contributed by atoms with van der Waals surface area (Å²) in [5.74, 6) is -0.728. The average molecular weight is 443 g/mol. The summed E-state index contributed by atoms with van der Waals surface area (Å²) in [5, 5.41) is 23.7. The number of non-ortho nitro benzene ring substituents is 1. The van der Waals surface area contributed by atoms with Crippen LogP contribution in [-0.2, 0) is 11.2 Å². The molecular weight excluding hydrogens is 426 g/mol. The first-order valence-electron chi connectivity index (χ1n) is 9.82. The van der Waals surface area contributed by atoms with E-state index in [9.17, 15) is 19.7 Å². The van der Waals surface area contributed by atoms with Gasteiger partial charge in [0, 0.05) is 17.7 Å². The van der Waals surface area contributed by atoms with E-state index in [1.165, 1.54) is 24.3 Å². The minimum absolute atomic E-state index is 0.0716. The van der Waals surface area contributed by atoms with Gasteiger partial charge in [-0.25, -0.2) is 0 Å². The normalized spacial score (nSPS) is 10.4. The van der Waals surface area contributed by atoms with Crippen molar-refractivity contribution < 1.29 is 18.9 Å². The molecule has 1 heterocycles. The van der Waals surface area contributed by atoms with Crippen LogP contribution in [-0.4, -0.2) is 26.9 Å². The Morgan fingerprint density at radius 1 is 0.879 bits per heavy atom. The van der Waals surface area contributed by atoms with Crippen molar-refractivity contribution >= 4 is 29.2 Å². The van der Waals surface area contributed by atoms with Crippen LogP contribution < -0.4 is 10.6 Å². The van der Waals surface area contributed by atoms with Crippen LogP contribution in [0.25, 0.3) is 11.5 Å². The predicted octanol–water partition coefficient (Wildman–Crippen LogP) is 4.08. The molecule has 10 heteroatoms. The van der Waals surface area contributed by atoms with Crippen LogP contribution in [0.4, 0.5) is 17.4 Å². The maximum absolute atomic E-state index is 12.8. The Hall–Kier alpha value is -4.86. The molecule has 0 aliphatic heterocycles. The van der Waals surface area contributed by atoms with E-state index in [4.69, 9.17) is 4.42 Å². The molecule has 0 spiro atoms. The number of hydrogen-bond acceptors (Lipinski definition) is 7. The molecule has 0 aliphatic carbocycles. The quantitative estimate of drug-likeness (QED) is 0.324. The molecule has 0 atom stereocenters. The highest BCUT2D eigenvalue weighted by Crippen LogP contribution is 2.23. The summed E-state index contributed by atoms with van der Waals surface area (Å²) in [4.78, 5) is 35.5. The number of carbonyl (C=O) groups is 2. The molecule has 3 aromatic carbocycles. The van der Waals surface area contributed by atoms with Gasteiger partial charge < -0.3 is 9.73 Å². The van der Waals surface area contributed by atoms with Crippen molar-refractivity contribution in [1.29, 1.82) is 0 Å². The number of rotatable bonds is 7. The fourth-order valence-electron chi connectivity index (χ4n) is 3.05. The molecule has 0 radical (unpaired) electrons. The van der Waals surface area contributed by atoms with Gasteiger partial charge in [0.25, 0.3) is 11.6 Å². The number of nitro benzene ring substituents is 1. The summed E-state index contributed by atoms with van der Waals surface area (Å²) in [5.41, 5.74) is 1.79. The van der Waals surface area contributed by atoms with Crippen LogP contribution >= 0.6 is 0 Å². The molecule has 10 nitrogen and oxygen atoms in total. The molecule has 0 saturated carbocycles. The summed E-state index contributed by atoms with van der Waals surface area (Å²) in [6.45, 7) is 0. The maximum atomic E-state index is 12.8. The third kappa shape index (κ3) is 5.25. The number of amides is 2. The number of aromatic nitrogens is 2. The largest absolute Gasteiger partial charge is 0.403 e. The Morgan fingerprint density at radius 3 is 2.30 bits per heavy atom. The predicted molar refractivity (Wildman–Crippen MR) is 120 cm³/mol. The van der Waals surface area contributed by atoms with E-state index in [1.54, 1.807) is 24.3 Å². The number of anilines is 2. The Balaban J connectivity index is 1.45. The second-order valence-electron chi connectivity index (χ2n) is 6.93. The van der Waals surface area contributed by atoms with E-state index in [1.807, 2.05) is 30.3 Å². The summed E-state index contributed by atoms with van der Waals surface area (Å²) in [7, 11) is 0. The molecule has 0 unspecified atom stereocenters. The minimum Gasteiger partial charge on any atom is -0.403 e. The Labute approximate surface area is 187 Å². The lowest BCUT2D eigenvalue weighted by atomic mass is 10.1. The van der Waals surface area contributed by atoms with Gasteiger partial charge in [0.15, 0.2) is 0 Å². The van der Waals surface area contributed by atoms with Crippen molar-refractivity contribution in [2.75, 3.05) is 10.6 Å². The van der Waals surface area contributed by atoms with E-state index in [0.717, 1.165) is 5.56 Å². The second-order valence-corrected chi connectivity index (χ2v) is 6.93. The van der Waals surface area contributed by atoms with E-state index < -0.39 is 10.8 Å². The topological polar surface area (TPSA) is 140 Å². The number of nitrogens with zero attached hydrogens (tertiary/aromatic N) is 3. The van der Waals surface area contributed by atoms with Gasteiger partial charge in [-0.2, -0.15) is 0 Å². The molecule has 33 heavy (non-hydrogen) atoms. The average Bonchev–Trinajstić information content (AvgIpc) is 3.28. The molecular formula is C23H17N5O5. The first-order valence-corrected chi connectivity index (χ1v) is 9.82. The molecule has 164 valence electrons. The smallest absolute Gasteiger partial charge is 0.322 e. The van der Waals surface area contributed by atoms with Gasteiger partial charge >= 0.3 is 6.01 Å². The second kappa shape index (κ2) is 9.52. The number of benzene rings is 3. The number of nitro groups is 1. The number of para-hydroxylation sites is 1. The van der Waals surface area contributed by atoms with Crippen molar-refractivity contribution in [3.8, 4) is 11.5 Å². The third-order valence-electron chi connectivity index (χ3n) is 4.62. The maximum Gasteiger partial charge on any atom is 0.322 e. The van der Waals surface area contributed by atoms with Gasteiger partial charge in [-0.15, -0.1) is 5.10 Å². The zero-order valence-corrected chi connectivity index (χ0v) is 17.1. The highest BCUT2D eigenvalue weighted by molar-refractivity contribution is 6.09. The van der Waals surface area contributed by atoms with Crippen LogP contribution in [0.15, 0.2) is 83.3 Å². The van der Waals surface area contributed by atoms with Gasteiger partial charge in [0.05, 0.1) is 22.6 Å². The lowest BCUT2D eigenvalue weighted by molar-refractivity contribution is -0.384. The fraction of sp³-hybridized carbons (Fsp3) is 0.0435. The Kier molecular flexibility index (Phi) is 6.17. The molecule has 0 aliphatic rings. The first kappa shape index (κ1) is 21.4. The molecule has 1 aromatic heterocycles. The van der Waals surface area contributed by atoms with Gasteiger partial charge in [-0.3, -0.25) is 25.0 Å². The van der Waals surface area contributed by atoms with Crippen molar-refractivity contribution in [3.63, 3.8) is 0 Å². The summed E-state index contributed by atoms with van der Waals surface area (Å²) >= 11 is 0. The molecule has 0 saturated heterocycles. The summed E-state index contributed by atoms with van der Waals surface area (Å²) < 4.78 is 5.45. The molecule has 0 fully saturated rings. The van der Waals surface area contributed by atoms with Gasteiger partial charge in [-0.05, 0) is 29.8 Å². The van der Waals surface area contributed by atoms with Gasteiger partial charge in [0.2, 0.25) is 11.8 Å². The van der Waals surface area contributed by atoms with Gasteiger partial charge in [-0.1, -0.05) is 47.6 Å². The number of carbonyl (C=O) groups excluding carboxylic acids is 2. The van der Waals surface area contributed by atoms with E-state index >= 15 is 0 Å². The van der Waals surface area contributed by atoms with Crippen LogP contribution in [0.5, 0.6) is 0 Å². The first-order chi connectivity index (χ1) is 16.0. The molecule has 2 N–H and O–H groups in total. The molecule has 0 bridgehead atoms. The Morgan fingerprint density at radius 2 is 1.58 bits per heavy atom. The van der Waals surface area contributed by atoms with Crippen molar-refractivity contribution in [3.05, 3.63) is 100 Å². The van der Waals surface area contributed by atoms with E-state index in [0.29, 0.717) is 11.3 Å². The lowest BCUT2D eigenvalue weighted by Gasteiger charge is -2.10. The van der Waals surface area contributed by atoms with Crippen molar-refractivity contribution in [2.45, 2.75) is 6.42 Å². The van der Waals surface area contributed by atoms with Crippen LogP contribution in [0.2, 0.25) is 0 Å². The van der Waals surface area contributed by atoms with E-state index in [-0.39, 0.29) is 35.5 Å². The standard InChI is InChI=1S/C23H17N5O5/c29-20(14-15-6-2-1-3-7-15)24-19-9-5-4-8-18(19)21(30)25-23-27-26-22(33-23)16-10-12-17(13-11-16)28(31)32/h1-13H,14H2,(H,24,29)(H,25,27,30). The molecule has 2 amide bonds. The van der Waals surface area contributed by atoms with Crippen LogP contribution in [0.3, 0.4) is 0 Å². The molecule has 4 aromatic rings. The summed E-state index contributed by atoms with van der Waals surface area (Å²) in [6, 6.07) is 21.2. The highest BCUT2D eigenvalue weighted by atomic mass is 16.6. The number of nitrogens with one attached hydrogen (secondary N) is 2. The minimum atomic E-state index is -0.551. The zero-order valence-electron chi connectivity index (χ0n) is 17.1. The molecule has 4 rings (SSSR count). The zero-order chi connectivity index (χ0) is 23.2. The lowest BCUT2D eigenvalue weighted by Crippen LogP contribution is -2.19. The highest BCUT2D eigenvalue weighted by Gasteiger charge is 2.17. The van der Waals surface area contributed by atoms with Crippen molar-refractivity contribution in [2.24, 2.45) is 0 Å². The SMILES string of the molecule is O=C(Cc1ccccc1)Nc1ccccc1C(=O)Nc1nnc(-c2ccc([N+](=O)[O-])cc2)o1. The van der Waals surface area contributed by atoms with Crippen LogP contribution in [0.1, 0.15) is 15.9 Å².